The molecule has 4 rings (SSSR count). The maximum atomic E-state index is 13.2. The van der Waals surface area contributed by atoms with E-state index in [1.807, 2.05) is 0 Å². The zero-order valence-electron chi connectivity index (χ0n) is 19.2. The lowest BCUT2D eigenvalue weighted by Crippen LogP contribution is -2.34. The van der Waals surface area contributed by atoms with Crippen molar-refractivity contribution in [2.24, 2.45) is 0 Å². The SMILES string of the molecule is Cc1nc(CC(=O)NC2CCCC2)c(C2OCCO2)c(N[C@H](C)c2cccc(C(F)(F)F)c2)n1. The lowest BCUT2D eigenvalue weighted by atomic mass is 10.0. The number of carbonyl (C=O) groups excluding carboxylic acids is 1. The van der Waals surface area contributed by atoms with Crippen LogP contribution < -0.4 is 10.6 Å². The molecule has 0 radical (unpaired) electrons. The summed E-state index contributed by atoms with van der Waals surface area (Å²) in [4.78, 5) is 21.7. The molecule has 7 nitrogen and oxygen atoms in total. The predicted molar refractivity (Wildman–Crippen MR) is 119 cm³/mol. The molecule has 2 fully saturated rings. The Hall–Kier alpha value is -2.72. The van der Waals surface area contributed by atoms with Gasteiger partial charge in [-0.25, -0.2) is 9.97 Å². The van der Waals surface area contributed by atoms with E-state index in [2.05, 4.69) is 20.6 Å². The summed E-state index contributed by atoms with van der Waals surface area (Å²) < 4.78 is 51.0. The Kier molecular flexibility index (Phi) is 7.37. The zero-order valence-corrected chi connectivity index (χ0v) is 19.2. The molecule has 1 atom stereocenters. The van der Waals surface area contributed by atoms with Crippen LogP contribution in [0.25, 0.3) is 0 Å². The third kappa shape index (κ3) is 5.85. The van der Waals surface area contributed by atoms with Crippen LogP contribution in [-0.4, -0.2) is 35.1 Å². The normalized spacial score (nSPS) is 18.3. The summed E-state index contributed by atoms with van der Waals surface area (Å²) in [7, 11) is 0. The lowest BCUT2D eigenvalue weighted by molar-refractivity contribution is -0.137. The van der Waals surface area contributed by atoms with Crippen LogP contribution >= 0.6 is 0 Å². The monoisotopic (exact) mass is 478 g/mol. The third-order valence-electron chi connectivity index (χ3n) is 6.11. The smallest absolute Gasteiger partial charge is 0.363 e. The molecule has 1 aromatic carbocycles. The standard InChI is InChI=1S/C24H29F3N4O3/c1-14(16-6-5-7-17(12-16)24(25,26)27)28-22-21(23-33-10-11-34-23)19(29-15(2)30-22)13-20(32)31-18-8-3-4-9-18/h5-7,12,14,18,23H,3-4,8-11,13H2,1-2H3,(H,31,32)(H,28,29,30)/t14-/m1/s1. The first-order valence-electron chi connectivity index (χ1n) is 11.5. The van der Waals surface area contributed by atoms with Crippen molar-refractivity contribution in [1.29, 1.82) is 0 Å². The van der Waals surface area contributed by atoms with Crippen LogP contribution in [0.4, 0.5) is 19.0 Å². The van der Waals surface area contributed by atoms with E-state index in [0.717, 1.165) is 37.8 Å². The quantitative estimate of drug-likeness (QED) is 0.604. The molecule has 34 heavy (non-hydrogen) atoms. The van der Waals surface area contributed by atoms with Crippen molar-refractivity contribution in [2.45, 2.75) is 70.5 Å². The number of amides is 1. The van der Waals surface area contributed by atoms with Gasteiger partial charge in [0.05, 0.1) is 36.5 Å². The minimum atomic E-state index is -4.43. The molecule has 1 saturated carbocycles. The molecule has 1 aliphatic carbocycles. The maximum Gasteiger partial charge on any atom is 0.416 e. The molecule has 1 amide bonds. The van der Waals surface area contributed by atoms with Crippen LogP contribution in [0.3, 0.4) is 0 Å². The Morgan fingerprint density at radius 1 is 1.18 bits per heavy atom. The minimum absolute atomic E-state index is 0.0328. The maximum absolute atomic E-state index is 13.2. The van der Waals surface area contributed by atoms with Crippen molar-refractivity contribution in [2.75, 3.05) is 18.5 Å². The molecule has 0 unspecified atom stereocenters. The van der Waals surface area contributed by atoms with E-state index in [9.17, 15) is 18.0 Å². The highest BCUT2D eigenvalue weighted by Gasteiger charge is 2.32. The number of nitrogens with zero attached hydrogens (tertiary/aromatic N) is 2. The summed E-state index contributed by atoms with van der Waals surface area (Å²) in [6, 6.07) is 4.83. The number of benzene rings is 1. The van der Waals surface area contributed by atoms with Gasteiger partial charge in [0.1, 0.15) is 11.6 Å². The van der Waals surface area contributed by atoms with Crippen LogP contribution in [0.2, 0.25) is 0 Å². The highest BCUT2D eigenvalue weighted by molar-refractivity contribution is 5.79. The van der Waals surface area contributed by atoms with E-state index >= 15 is 0 Å². The molecule has 2 N–H and O–H groups in total. The summed E-state index contributed by atoms with van der Waals surface area (Å²) >= 11 is 0. The van der Waals surface area contributed by atoms with E-state index in [4.69, 9.17) is 9.47 Å². The summed E-state index contributed by atoms with van der Waals surface area (Å²) in [6.45, 7) is 4.22. The Labute approximate surface area is 196 Å². The van der Waals surface area contributed by atoms with Gasteiger partial charge < -0.3 is 20.1 Å². The van der Waals surface area contributed by atoms with E-state index < -0.39 is 24.1 Å². The number of alkyl halides is 3. The van der Waals surface area contributed by atoms with Gasteiger partial charge in [-0.2, -0.15) is 13.2 Å². The van der Waals surface area contributed by atoms with Crippen LogP contribution in [0.5, 0.6) is 0 Å². The largest absolute Gasteiger partial charge is 0.416 e. The number of anilines is 1. The van der Waals surface area contributed by atoms with Gasteiger partial charge in [-0.15, -0.1) is 0 Å². The first-order valence-corrected chi connectivity index (χ1v) is 11.5. The minimum Gasteiger partial charge on any atom is -0.363 e. The highest BCUT2D eigenvalue weighted by atomic mass is 19.4. The summed E-state index contributed by atoms with van der Waals surface area (Å²) in [6.07, 6.45) is -1.01. The number of hydrogen-bond acceptors (Lipinski definition) is 6. The highest BCUT2D eigenvalue weighted by Crippen LogP contribution is 2.35. The van der Waals surface area contributed by atoms with Gasteiger partial charge in [0.15, 0.2) is 6.29 Å². The number of rotatable bonds is 7. The number of carbonyl (C=O) groups is 1. The molecule has 0 bridgehead atoms. The fraction of sp³-hybridized carbons (Fsp3) is 0.542. The molecule has 2 aromatic rings. The number of halogens is 3. The van der Waals surface area contributed by atoms with Gasteiger partial charge >= 0.3 is 6.18 Å². The van der Waals surface area contributed by atoms with E-state index in [0.29, 0.717) is 41.7 Å². The number of hydrogen-bond donors (Lipinski definition) is 2. The van der Waals surface area contributed by atoms with Crippen LogP contribution in [0, 0.1) is 6.92 Å². The van der Waals surface area contributed by atoms with Crippen molar-refractivity contribution < 1.29 is 27.4 Å². The van der Waals surface area contributed by atoms with Crippen molar-refractivity contribution in [3.8, 4) is 0 Å². The Morgan fingerprint density at radius 3 is 2.56 bits per heavy atom. The molecular formula is C24H29F3N4O3. The molecule has 1 saturated heterocycles. The zero-order chi connectivity index (χ0) is 24.3. The van der Waals surface area contributed by atoms with Crippen molar-refractivity contribution in [1.82, 2.24) is 15.3 Å². The average Bonchev–Trinajstić information content (AvgIpc) is 3.47. The molecule has 2 heterocycles. The van der Waals surface area contributed by atoms with E-state index in [1.54, 1.807) is 19.9 Å². The number of nitrogens with one attached hydrogen (secondary N) is 2. The summed E-state index contributed by atoms with van der Waals surface area (Å²) in [5.41, 5.74) is 0.715. The lowest BCUT2D eigenvalue weighted by Gasteiger charge is -2.23. The summed E-state index contributed by atoms with van der Waals surface area (Å²) in [5.74, 6) is 0.679. The molecule has 2 aliphatic rings. The van der Waals surface area contributed by atoms with Gasteiger partial charge in [-0.05, 0) is 44.4 Å². The fourth-order valence-corrected chi connectivity index (χ4v) is 4.43. The Balaban J connectivity index is 1.61. The first kappa shape index (κ1) is 24.4. The third-order valence-corrected chi connectivity index (χ3v) is 6.11. The van der Waals surface area contributed by atoms with Gasteiger partial charge in [-0.3, -0.25) is 4.79 Å². The van der Waals surface area contributed by atoms with Crippen molar-refractivity contribution >= 4 is 11.7 Å². The van der Waals surface area contributed by atoms with Crippen LogP contribution in [0.15, 0.2) is 24.3 Å². The summed E-state index contributed by atoms with van der Waals surface area (Å²) in [5, 5.41) is 6.26. The second-order valence-corrected chi connectivity index (χ2v) is 8.77. The van der Waals surface area contributed by atoms with E-state index in [-0.39, 0.29) is 18.4 Å². The second-order valence-electron chi connectivity index (χ2n) is 8.77. The van der Waals surface area contributed by atoms with Crippen molar-refractivity contribution in [3.63, 3.8) is 0 Å². The average molecular weight is 479 g/mol. The number of aryl methyl sites for hydroxylation is 1. The van der Waals surface area contributed by atoms with Crippen LogP contribution in [0.1, 0.15) is 73.1 Å². The van der Waals surface area contributed by atoms with E-state index in [1.165, 1.54) is 6.07 Å². The fourth-order valence-electron chi connectivity index (χ4n) is 4.43. The Morgan fingerprint density at radius 2 is 1.88 bits per heavy atom. The van der Waals surface area contributed by atoms with Gasteiger partial charge in [0.25, 0.3) is 0 Å². The second kappa shape index (κ2) is 10.3. The molecule has 10 heteroatoms. The Bertz CT molecular complexity index is 1020. The van der Waals surface area contributed by atoms with Gasteiger partial charge in [0.2, 0.25) is 5.91 Å². The van der Waals surface area contributed by atoms with Gasteiger partial charge in [0, 0.05) is 12.1 Å². The van der Waals surface area contributed by atoms with Gasteiger partial charge in [-0.1, -0.05) is 25.0 Å². The molecule has 1 aliphatic heterocycles. The van der Waals surface area contributed by atoms with Crippen LogP contribution in [-0.2, 0) is 26.9 Å². The number of aromatic nitrogens is 2. The molecule has 184 valence electrons. The molecule has 0 spiro atoms. The molecular weight excluding hydrogens is 449 g/mol. The first-order chi connectivity index (χ1) is 16.2. The topological polar surface area (TPSA) is 85.4 Å². The van der Waals surface area contributed by atoms with Crippen molar-refractivity contribution in [3.05, 3.63) is 52.5 Å². The predicted octanol–water partition coefficient (Wildman–Crippen LogP) is 4.62. The number of ether oxygens (including phenoxy) is 2. The molecule has 1 aromatic heterocycles.